The minimum Gasteiger partial charge on any atom is -0.389 e. The summed E-state index contributed by atoms with van der Waals surface area (Å²) >= 11 is 0. The van der Waals surface area contributed by atoms with E-state index < -0.39 is 61.0 Å². The van der Waals surface area contributed by atoms with Gasteiger partial charge in [0.05, 0.1) is 24.4 Å². The fraction of sp³-hybridized carbons (Fsp3) is 0.821. The van der Waals surface area contributed by atoms with Crippen LogP contribution in [-0.2, 0) is 36.8 Å². The molecule has 1 aromatic rings. The normalized spacial score (nSPS) is 31.3. The van der Waals surface area contributed by atoms with Gasteiger partial charge in [0.25, 0.3) is 0 Å². The lowest BCUT2D eigenvalue weighted by Crippen LogP contribution is -2.67. The molecule has 2 heterocycles. The number of hydrogen-bond donors (Lipinski definition) is 9. The fourth-order valence-corrected chi connectivity index (χ4v) is 5.43. The van der Waals surface area contributed by atoms with Crippen LogP contribution in [0.15, 0.2) is 6.20 Å². The number of hydrogen-bond acceptors (Lipinski definition) is 14. The number of nitrogens with one attached hydrogen (secondary N) is 2. The molecular formula is C28H51N9O9. The summed E-state index contributed by atoms with van der Waals surface area (Å²) in [6.07, 6.45) is -4.58. The van der Waals surface area contributed by atoms with Crippen molar-refractivity contribution in [3.63, 3.8) is 0 Å². The molecule has 18 nitrogen and oxygen atoms in total. The molecule has 1 aliphatic carbocycles. The van der Waals surface area contributed by atoms with E-state index in [1.165, 1.54) is 11.8 Å². The van der Waals surface area contributed by atoms with Crippen molar-refractivity contribution in [3.05, 3.63) is 11.9 Å². The van der Waals surface area contributed by atoms with Crippen LogP contribution >= 0.6 is 0 Å². The molecule has 10 atom stereocenters. The quantitative estimate of drug-likeness (QED) is 0.0809. The molecule has 3 rings (SSSR count). The van der Waals surface area contributed by atoms with E-state index in [1.807, 2.05) is 6.92 Å². The van der Waals surface area contributed by atoms with Crippen LogP contribution in [0, 0.1) is 0 Å². The first-order chi connectivity index (χ1) is 21.8. The van der Waals surface area contributed by atoms with E-state index >= 15 is 0 Å². The summed E-state index contributed by atoms with van der Waals surface area (Å²) in [5.74, 6) is -0.698. The smallest absolute Gasteiger partial charge is 0.239 e. The number of rotatable bonds is 16. The van der Waals surface area contributed by atoms with Crippen molar-refractivity contribution < 1.29 is 44.3 Å². The van der Waals surface area contributed by atoms with Gasteiger partial charge in [-0.3, -0.25) is 19.1 Å². The van der Waals surface area contributed by atoms with Crippen LogP contribution in [0.1, 0.15) is 51.6 Å². The fourth-order valence-electron chi connectivity index (χ4n) is 5.43. The third-order valence-electron chi connectivity index (χ3n) is 8.22. The highest BCUT2D eigenvalue weighted by molar-refractivity contribution is 5.83. The second-order valence-corrected chi connectivity index (χ2v) is 12.0. The lowest BCUT2D eigenvalue weighted by Gasteiger charge is -2.45. The molecule has 1 saturated carbocycles. The van der Waals surface area contributed by atoms with Gasteiger partial charge in [0, 0.05) is 57.8 Å². The summed E-state index contributed by atoms with van der Waals surface area (Å²) in [5, 5.41) is 55.2. The Morgan fingerprint density at radius 1 is 1.04 bits per heavy atom. The number of nitrogens with zero attached hydrogens (tertiary/aromatic N) is 4. The Morgan fingerprint density at radius 3 is 2.48 bits per heavy atom. The number of aliphatic hydroxyl groups excluding tert-OH is 4. The van der Waals surface area contributed by atoms with Gasteiger partial charge in [-0.1, -0.05) is 12.1 Å². The van der Waals surface area contributed by atoms with Gasteiger partial charge in [0.1, 0.15) is 30.5 Å². The topological polar surface area (TPSA) is 287 Å². The van der Waals surface area contributed by atoms with Crippen LogP contribution < -0.4 is 27.8 Å². The Morgan fingerprint density at radius 2 is 1.78 bits per heavy atom. The summed E-state index contributed by atoms with van der Waals surface area (Å²) in [6, 6.07) is -2.66. The molecule has 1 saturated heterocycles. The highest BCUT2D eigenvalue weighted by Crippen LogP contribution is 2.27. The molecule has 1 aromatic heterocycles. The van der Waals surface area contributed by atoms with Crippen molar-refractivity contribution in [1.29, 1.82) is 0 Å². The molecule has 12 N–H and O–H groups in total. The van der Waals surface area contributed by atoms with E-state index in [0.29, 0.717) is 44.6 Å². The van der Waals surface area contributed by atoms with Gasteiger partial charge in [-0.25, -0.2) is 0 Å². The Labute approximate surface area is 267 Å². The number of carbonyl (C=O) groups is 3. The van der Waals surface area contributed by atoms with E-state index in [0.717, 1.165) is 6.42 Å². The summed E-state index contributed by atoms with van der Waals surface area (Å²) in [6.45, 7) is 4.69. The van der Waals surface area contributed by atoms with Crippen LogP contribution in [0.2, 0.25) is 0 Å². The predicted molar refractivity (Wildman–Crippen MR) is 162 cm³/mol. The van der Waals surface area contributed by atoms with Crippen molar-refractivity contribution in [2.75, 3.05) is 26.2 Å². The molecule has 0 radical (unpaired) electrons. The Hall–Kier alpha value is -2.81. The lowest BCUT2D eigenvalue weighted by atomic mass is 9.84. The molecule has 18 heteroatoms. The highest BCUT2D eigenvalue weighted by atomic mass is 16.7. The highest BCUT2D eigenvalue weighted by Gasteiger charge is 2.48. The molecule has 46 heavy (non-hydrogen) atoms. The molecular weight excluding hydrogens is 606 g/mol. The molecule has 2 aliphatic rings. The first kappa shape index (κ1) is 37.6. The van der Waals surface area contributed by atoms with Crippen molar-refractivity contribution in [1.82, 2.24) is 30.5 Å². The lowest BCUT2D eigenvalue weighted by molar-refractivity contribution is -0.288. The first-order valence-corrected chi connectivity index (χ1v) is 15.8. The van der Waals surface area contributed by atoms with E-state index in [2.05, 4.69) is 20.9 Å². The molecule has 3 amide bonds. The number of aromatic nitrogens is 3. The van der Waals surface area contributed by atoms with E-state index in [-0.39, 0.29) is 43.7 Å². The van der Waals surface area contributed by atoms with Crippen molar-refractivity contribution in [2.24, 2.45) is 17.2 Å². The van der Waals surface area contributed by atoms with Gasteiger partial charge in [0.15, 0.2) is 6.29 Å². The van der Waals surface area contributed by atoms with Crippen molar-refractivity contribution in [3.8, 4) is 0 Å². The average Bonchev–Trinajstić information content (AvgIpc) is 3.47. The number of carbonyl (C=O) groups excluding carboxylic acids is 3. The SMILES string of the molecule is CCCNC(=O)CN(CCCn1cc(CCCC(=O)NCC2OC(OC3C(N)CC(N)C(O)C3O)C(N)C(O)C2O)nn1)C(C)=O. The largest absolute Gasteiger partial charge is 0.389 e. The first-order valence-electron chi connectivity index (χ1n) is 15.8. The van der Waals surface area contributed by atoms with Crippen LogP contribution in [0.25, 0.3) is 0 Å². The third-order valence-corrected chi connectivity index (χ3v) is 8.22. The van der Waals surface area contributed by atoms with Gasteiger partial charge >= 0.3 is 0 Å². The second-order valence-electron chi connectivity index (χ2n) is 12.0. The minimum absolute atomic E-state index is 0.00815. The zero-order chi connectivity index (χ0) is 34.0. The number of aliphatic hydroxyl groups is 4. The molecule has 0 aromatic carbocycles. The van der Waals surface area contributed by atoms with Crippen LogP contribution in [0.3, 0.4) is 0 Å². The summed E-state index contributed by atoms with van der Waals surface area (Å²) < 4.78 is 13.2. The van der Waals surface area contributed by atoms with E-state index in [9.17, 15) is 34.8 Å². The maximum absolute atomic E-state index is 12.5. The standard InChI is InChI=1S/C28H51N9O9/c1-3-8-32-21(40)14-36(15(2)38)9-5-10-37-13-16(34-35-37)6-4-7-20(39)33-12-19-24(42)25(43)22(31)28(45-19)46-27-18(30)11-17(29)23(41)26(27)44/h13,17-19,22-28,41-44H,3-12,14,29-31H2,1-2H3,(H,32,40)(H,33,39). The Kier molecular flexibility index (Phi) is 14.7. The molecule has 2 fully saturated rings. The van der Waals surface area contributed by atoms with Gasteiger partial charge < -0.3 is 62.6 Å². The summed E-state index contributed by atoms with van der Waals surface area (Å²) in [5.41, 5.74) is 18.6. The predicted octanol–water partition coefficient (Wildman–Crippen LogP) is -4.58. The van der Waals surface area contributed by atoms with Gasteiger partial charge in [0.2, 0.25) is 17.7 Å². The second kappa shape index (κ2) is 17.9. The molecule has 1 aliphatic heterocycles. The maximum atomic E-state index is 12.5. The van der Waals surface area contributed by atoms with Gasteiger partial charge in [-0.05, 0) is 32.1 Å². The maximum Gasteiger partial charge on any atom is 0.239 e. The van der Waals surface area contributed by atoms with Crippen molar-refractivity contribution >= 4 is 17.7 Å². The van der Waals surface area contributed by atoms with Crippen LogP contribution in [-0.4, -0.2) is 145 Å². The Bertz CT molecular complexity index is 1130. The van der Waals surface area contributed by atoms with Crippen molar-refractivity contribution in [2.45, 2.75) is 120 Å². The zero-order valence-electron chi connectivity index (χ0n) is 26.5. The monoisotopic (exact) mass is 657 g/mol. The average molecular weight is 658 g/mol. The number of amides is 3. The van der Waals surface area contributed by atoms with Crippen LogP contribution in [0.5, 0.6) is 0 Å². The number of ether oxygens (including phenoxy) is 2. The molecule has 0 bridgehead atoms. The van der Waals surface area contributed by atoms with Crippen LogP contribution in [0.4, 0.5) is 0 Å². The van der Waals surface area contributed by atoms with E-state index in [1.54, 1.807) is 10.9 Å². The summed E-state index contributed by atoms with van der Waals surface area (Å²) in [7, 11) is 0. The molecule has 10 unspecified atom stereocenters. The van der Waals surface area contributed by atoms with E-state index in [4.69, 9.17) is 26.7 Å². The van der Waals surface area contributed by atoms with Gasteiger partial charge in [-0.2, -0.15) is 0 Å². The Balaban J connectivity index is 1.39. The molecule has 262 valence electrons. The minimum atomic E-state index is -1.46. The molecule has 0 spiro atoms. The summed E-state index contributed by atoms with van der Waals surface area (Å²) in [4.78, 5) is 37.9. The number of nitrogens with two attached hydrogens (primary N) is 3. The van der Waals surface area contributed by atoms with Gasteiger partial charge in [-0.15, -0.1) is 5.10 Å². The zero-order valence-corrected chi connectivity index (χ0v) is 26.5. The number of aryl methyl sites for hydroxylation is 2. The third kappa shape index (κ3) is 10.6.